The van der Waals surface area contributed by atoms with Crippen LogP contribution in [0.25, 0.3) is 38.9 Å². The molecule has 0 amide bonds. The van der Waals surface area contributed by atoms with E-state index in [2.05, 4.69) is 32.0 Å². The highest BCUT2D eigenvalue weighted by Crippen LogP contribution is 2.30. The van der Waals surface area contributed by atoms with Crippen molar-refractivity contribution in [1.29, 1.82) is 0 Å². The Labute approximate surface area is 187 Å². The molecule has 4 heterocycles. The quantitative estimate of drug-likeness (QED) is 0.390. The van der Waals surface area contributed by atoms with Gasteiger partial charge < -0.3 is 0 Å². The molecule has 0 spiro atoms. The largest absolute Gasteiger partial charge is 0.293 e. The molecule has 0 bridgehead atoms. The maximum Gasteiger partial charge on any atom is 0.265 e. The number of para-hydroxylation sites is 2. The van der Waals surface area contributed by atoms with Crippen molar-refractivity contribution in [2.45, 2.75) is 20.4 Å². The van der Waals surface area contributed by atoms with Crippen LogP contribution in [0, 0.1) is 13.8 Å². The SMILES string of the molecule is Cc1ccc(C)c(-n2c3nc4ccccc4nc3c3c(=O)n(Cc4cccs4)cnc32)c1. The molecule has 0 unspecified atom stereocenters. The maximum atomic E-state index is 13.6. The van der Waals surface area contributed by atoms with Gasteiger partial charge in [-0.3, -0.25) is 13.9 Å². The summed E-state index contributed by atoms with van der Waals surface area (Å²) in [6, 6.07) is 18.0. The molecular formula is C25H19N5OS. The van der Waals surface area contributed by atoms with E-state index < -0.39 is 0 Å². The molecule has 0 saturated heterocycles. The van der Waals surface area contributed by atoms with Crippen molar-refractivity contribution < 1.29 is 0 Å². The van der Waals surface area contributed by atoms with Crippen molar-refractivity contribution in [1.82, 2.24) is 24.1 Å². The van der Waals surface area contributed by atoms with Crippen molar-refractivity contribution in [2.24, 2.45) is 0 Å². The van der Waals surface area contributed by atoms with Crippen LogP contribution in [0.5, 0.6) is 0 Å². The number of aromatic nitrogens is 5. The van der Waals surface area contributed by atoms with Crippen LogP contribution in [0.3, 0.4) is 0 Å². The Balaban J connectivity index is 1.75. The van der Waals surface area contributed by atoms with Crippen LogP contribution in [0.1, 0.15) is 16.0 Å². The predicted molar refractivity (Wildman–Crippen MR) is 129 cm³/mol. The summed E-state index contributed by atoms with van der Waals surface area (Å²) in [5, 5.41) is 2.51. The van der Waals surface area contributed by atoms with Gasteiger partial charge in [-0.15, -0.1) is 11.3 Å². The molecule has 32 heavy (non-hydrogen) atoms. The molecule has 156 valence electrons. The molecule has 0 aliphatic carbocycles. The first kappa shape index (κ1) is 18.9. The van der Waals surface area contributed by atoms with E-state index in [9.17, 15) is 4.79 Å². The van der Waals surface area contributed by atoms with E-state index in [4.69, 9.17) is 15.0 Å². The minimum absolute atomic E-state index is 0.109. The van der Waals surface area contributed by atoms with Crippen LogP contribution in [0.15, 0.2) is 71.1 Å². The van der Waals surface area contributed by atoms with E-state index in [0.29, 0.717) is 28.7 Å². The Morgan fingerprint density at radius 3 is 2.53 bits per heavy atom. The summed E-state index contributed by atoms with van der Waals surface area (Å²) in [6.45, 7) is 4.59. The molecule has 2 aromatic carbocycles. The zero-order chi connectivity index (χ0) is 21.8. The van der Waals surface area contributed by atoms with Gasteiger partial charge in [0.05, 0.1) is 23.3 Å². The Kier molecular flexibility index (Phi) is 4.19. The lowest BCUT2D eigenvalue weighted by Crippen LogP contribution is -2.21. The summed E-state index contributed by atoms with van der Waals surface area (Å²) in [7, 11) is 0. The van der Waals surface area contributed by atoms with E-state index >= 15 is 0 Å². The molecule has 0 saturated carbocycles. The molecule has 6 nitrogen and oxygen atoms in total. The lowest BCUT2D eigenvalue weighted by atomic mass is 10.1. The highest BCUT2D eigenvalue weighted by molar-refractivity contribution is 7.09. The van der Waals surface area contributed by atoms with E-state index in [1.54, 1.807) is 22.2 Å². The van der Waals surface area contributed by atoms with Crippen molar-refractivity contribution in [3.63, 3.8) is 0 Å². The van der Waals surface area contributed by atoms with E-state index in [0.717, 1.165) is 32.7 Å². The minimum Gasteiger partial charge on any atom is -0.293 e. The second-order valence-electron chi connectivity index (χ2n) is 7.97. The van der Waals surface area contributed by atoms with Gasteiger partial charge in [0.15, 0.2) is 11.3 Å². The zero-order valence-electron chi connectivity index (χ0n) is 17.6. The van der Waals surface area contributed by atoms with Crippen molar-refractivity contribution in [3.8, 4) is 5.69 Å². The van der Waals surface area contributed by atoms with Crippen molar-refractivity contribution in [3.05, 3.63) is 92.7 Å². The Morgan fingerprint density at radius 1 is 0.938 bits per heavy atom. The predicted octanol–water partition coefficient (Wildman–Crippen LogP) is 5.01. The Morgan fingerprint density at radius 2 is 1.75 bits per heavy atom. The lowest BCUT2D eigenvalue weighted by molar-refractivity contribution is 0.756. The Hall–Kier alpha value is -3.84. The van der Waals surface area contributed by atoms with Gasteiger partial charge in [0.2, 0.25) is 0 Å². The normalized spacial score (nSPS) is 11.7. The van der Waals surface area contributed by atoms with Crippen LogP contribution in [-0.4, -0.2) is 24.1 Å². The van der Waals surface area contributed by atoms with Crippen LogP contribution < -0.4 is 5.56 Å². The molecule has 0 aliphatic heterocycles. The third-order valence-corrected chi connectivity index (χ3v) is 6.60. The summed E-state index contributed by atoms with van der Waals surface area (Å²) >= 11 is 1.62. The van der Waals surface area contributed by atoms with Gasteiger partial charge in [0.1, 0.15) is 17.2 Å². The minimum atomic E-state index is -0.109. The van der Waals surface area contributed by atoms with E-state index in [-0.39, 0.29) is 5.56 Å². The maximum absolute atomic E-state index is 13.6. The molecule has 4 aromatic heterocycles. The number of fused-ring (bicyclic) bond motifs is 4. The molecule has 0 N–H and O–H groups in total. The molecular weight excluding hydrogens is 418 g/mol. The average Bonchev–Trinajstić information content (AvgIpc) is 3.42. The van der Waals surface area contributed by atoms with Gasteiger partial charge in [-0.25, -0.2) is 15.0 Å². The van der Waals surface area contributed by atoms with Crippen LogP contribution in [-0.2, 0) is 6.54 Å². The van der Waals surface area contributed by atoms with Gasteiger partial charge in [-0.2, -0.15) is 0 Å². The standard InChI is InChI=1S/C25H19N5OS/c1-15-9-10-16(2)20(12-15)30-23-21(22-24(30)28-19-8-4-3-7-18(19)27-22)25(31)29(14-26-23)13-17-6-5-11-32-17/h3-12,14H,13H2,1-2H3. The Bertz CT molecular complexity index is 1700. The zero-order valence-corrected chi connectivity index (χ0v) is 18.4. The molecule has 6 rings (SSSR count). The summed E-state index contributed by atoms with van der Waals surface area (Å²) < 4.78 is 3.63. The first-order chi connectivity index (χ1) is 15.6. The number of nitrogens with zero attached hydrogens (tertiary/aromatic N) is 5. The monoisotopic (exact) mass is 437 g/mol. The second kappa shape index (κ2) is 7.10. The highest BCUT2D eigenvalue weighted by Gasteiger charge is 2.21. The summed E-state index contributed by atoms with van der Waals surface area (Å²) in [5.74, 6) is 0. The highest BCUT2D eigenvalue weighted by atomic mass is 32.1. The van der Waals surface area contributed by atoms with E-state index in [1.807, 2.05) is 46.3 Å². The number of hydrogen-bond donors (Lipinski definition) is 0. The van der Waals surface area contributed by atoms with Gasteiger partial charge in [0.25, 0.3) is 5.56 Å². The van der Waals surface area contributed by atoms with Gasteiger partial charge in [-0.1, -0.05) is 30.3 Å². The molecule has 0 atom stereocenters. The fourth-order valence-corrected chi connectivity index (χ4v) is 4.85. The fraction of sp³-hybridized carbons (Fsp3) is 0.120. The lowest BCUT2D eigenvalue weighted by Gasteiger charge is -2.11. The number of hydrogen-bond acceptors (Lipinski definition) is 5. The first-order valence-corrected chi connectivity index (χ1v) is 11.2. The number of benzene rings is 2. The molecule has 7 heteroatoms. The van der Waals surface area contributed by atoms with Crippen molar-refractivity contribution in [2.75, 3.05) is 0 Å². The summed E-state index contributed by atoms with van der Waals surface area (Å²) in [4.78, 5) is 29.3. The summed E-state index contributed by atoms with van der Waals surface area (Å²) in [5.41, 5.74) is 6.40. The van der Waals surface area contributed by atoms with Gasteiger partial charge >= 0.3 is 0 Å². The van der Waals surface area contributed by atoms with E-state index in [1.165, 1.54) is 0 Å². The topological polar surface area (TPSA) is 65.6 Å². The molecule has 0 aliphatic rings. The average molecular weight is 438 g/mol. The van der Waals surface area contributed by atoms with Crippen LogP contribution >= 0.6 is 11.3 Å². The van der Waals surface area contributed by atoms with Crippen LogP contribution in [0.4, 0.5) is 0 Å². The number of aryl methyl sites for hydroxylation is 2. The molecule has 0 radical (unpaired) electrons. The number of rotatable bonds is 3. The fourth-order valence-electron chi connectivity index (χ4n) is 4.14. The second-order valence-corrected chi connectivity index (χ2v) is 9.00. The summed E-state index contributed by atoms with van der Waals surface area (Å²) in [6.07, 6.45) is 1.63. The third-order valence-electron chi connectivity index (χ3n) is 5.74. The van der Waals surface area contributed by atoms with Crippen molar-refractivity contribution >= 4 is 44.6 Å². The first-order valence-electron chi connectivity index (χ1n) is 10.4. The molecule has 0 fully saturated rings. The van der Waals surface area contributed by atoms with Gasteiger partial charge in [0, 0.05) is 4.88 Å². The molecule has 6 aromatic rings. The third kappa shape index (κ3) is 2.85. The van der Waals surface area contributed by atoms with Crippen LogP contribution in [0.2, 0.25) is 0 Å². The smallest absolute Gasteiger partial charge is 0.265 e. The van der Waals surface area contributed by atoms with Gasteiger partial charge in [-0.05, 0) is 54.6 Å². The number of thiophene rings is 1.